The Hall–Kier alpha value is -3.11. The van der Waals surface area contributed by atoms with Crippen LogP contribution in [0.15, 0.2) is 45.3 Å². The van der Waals surface area contributed by atoms with Crippen molar-refractivity contribution in [2.45, 2.75) is 31.5 Å². The predicted molar refractivity (Wildman–Crippen MR) is 132 cm³/mol. The molecule has 0 aliphatic rings. The number of fused-ring (bicyclic) bond motifs is 1. The van der Waals surface area contributed by atoms with Crippen molar-refractivity contribution in [2.24, 2.45) is 14.1 Å². The summed E-state index contributed by atoms with van der Waals surface area (Å²) in [4.78, 5) is 38.7. The zero-order valence-electron chi connectivity index (χ0n) is 18.6. The van der Waals surface area contributed by atoms with Crippen molar-refractivity contribution in [1.29, 1.82) is 0 Å². The Morgan fingerprint density at radius 3 is 2.55 bits per heavy atom. The molecule has 0 fully saturated rings. The number of benzene rings is 1. The van der Waals surface area contributed by atoms with E-state index in [1.54, 1.807) is 18.7 Å². The average Bonchev–Trinajstić information content (AvgIpc) is 3.19. The van der Waals surface area contributed by atoms with E-state index in [0.717, 1.165) is 16.8 Å². The third kappa shape index (κ3) is 4.40. The molecule has 172 valence electrons. The van der Waals surface area contributed by atoms with Gasteiger partial charge in [-0.05, 0) is 30.5 Å². The molecular formula is C22H24ClN7O2S. The van der Waals surface area contributed by atoms with Gasteiger partial charge in [0.25, 0.3) is 5.56 Å². The molecule has 11 heteroatoms. The van der Waals surface area contributed by atoms with Gasteiger partial charge in [0, 0.05) is 37.0 Å². The largest absolute Gasteiger partial charge is 0.383 e. The van der Waals surface area contributed by atoms with Gasteiger partial charge < -0.3 is 10.3 Å². The van der Waals surface area contributed by atoms with Gasteiger partial charge in [0.05, 0.1) is 12.0 Å². The quantitative estimate of drug-likeness (QED) is 0.243. The van der Waals surface area contributed by atoms with E-state index in [0.29, 0.717) is 52.3 Å². The molecule has 0 spiro atoms. The van der Waals surface area contributed by atoms with Crippen molar-refractivity contribution in [2.75, 3.05) is 11.5 Å². The summed E-state index contributed by atoms with van der Waals surface area (Å²) in [7, 11) is 3.36. The van der Waals surface area contributed by atoms with Gasteiger partial charge in [-0.25, -0.2) is 19.7 Å². The molecule has 0 aliphatic carbocycles. The molecule has 0 radical (unpaired) electrons. The van der Waals surface area contributed by atoms with E-state index in [2.05, 4.69) is 15.0 Å². The Kier molecular flexibility index (Phi) is 6.57. The summed E-state index contributed by atoms with van der Waals surface area (Å²) in [5, 5.41) is 1.23. The van der Waals surface area contributed by atoms with E-state index in [1.807, 2.05) is 31.2 Å². The standard InChI is InChI=1S/C22H24ClN7O2S/c1-4-15-16(13-6-8-14(23)9-7-13)18(24)27-21(26-15)33-11-5-10-30-20(31)17-19(25-12-28(17)2)29(3)22(30)32/h6-9,12H,4-5,10-11H2,1-3H3,(H2,24,26,27). The fourth-order valence-electron chi connectivity index (χ4n) is 3.73. The second-order valence-corrected chi connectivity index (χ2v) is 9.10. The van der Waals surface area contributed by atoms with Crippen molar-refractivity contribution in [1.82, 2.24) is 28.7 Å². The molecule has 0 saturated carbocycles. The van der Waals surface area contributed by atoms with Crippen molar-refractivity contribution < 1.29 is 0 Å². The van der Waals surface area contributed by atoms with Crippen molar-refractivity contribution in [3.05, 3.63) is 62.1 Å². The van der Waals surface area contributed by atoms with E-state index in [-0.39, 0.29) is 11.2 Å². The number of aryl methyl sites for hydroxylation is 3. The maximum atomic E-state index is 12.8. The van der Waals surface area contributed by atoms with Crippen LogP contribution in [-0.2, 0) is 27.1 Å². The molecule has 9 nitrogen and oxygen atoms in total. The number of nitrogens with zero attached hydrogens (tertiary/aromatic N) is 6. The molecule has 0 aliphatic heterocycles. The lowest BCUT2D eigenvalue weighted by molar-refractivity contribution is 0.594. The van der Waals surface area contributed by atoms with E-state index in [9.17, 15) is 9.59 Å². The Morgan fingerprint density at radius 2 is 1.85 bits per heavy atom. The van der Waals surface area contributed by atoms with Crippen LogP contribution in [-0.4, -0.2) is 34.4 Å². The Balaban J connectivity index is 1.50. The first-order chi connectivity index (χ1) is 15.8. The SMILES string of the molecule is CCc1nc(SCCCn2c(=O)c3c(ncn3C)n(C)c2=O)nc(N)c1-c1ccc(Cl)cc1. The van der Waals surface area contributed by atoms with Crippen LogP contribution in [0.2, 0.25) is 5.02 Å². The van der Waals surface area contributed by atoms with Crippen molar-refractivity contribution >= 4 is 40.3 Å². The number of anilines is 1. The Labute approximate surface area is 199 Å². The summed E-state index contributed by atoms with van der Waals surface area (Å²) < 4.78 is 4.28. The molecule has 0 bridgehead atoms. The summed E-state index contributed by atoms with van der Waals surface area (Å²) in [6, 6.07) is 7.43. The Bertz CT molecular complexity index is 1440. The summed E-state index contributed by atoms with van der Waals surface area (Å²) in [6.07, 6.45) is 2.83. The fourth-order valence-corrected chi connectivity index (χ4v) is 4.65. The van der Waals surface area contributed by atoms with Gasteiger partial charge in [0.15, 0.2) is 16.3 Å². The minimum absolute atomic E-state index is 0.290. The molecule has 0 saturated heterocycles. The molecule has 3 heterocycles. The lowest BCUT2D eigenvalue weighted by atomic mass is 10.0. The van der Waals surface area contributed by atoms with Crippen LogP contribution in [0.25, 0.3) is 22.3 Å². The molecule has 33 heavy (non-hydrogen) atoms. The second-order valence-electron chi connectivity index (χ2n) is 7.60. The number of nitrogen functional groups attached to an aromatic ring is 1. The van der Waals surface area contributed by atoms with Crippen molar-refractivity contribution in [3.63, 3.8) is 0 Å². The highest BCUT2D eigenvalue weighted by Gasteiger charge is 2.16. The summed E-state index contributed by atoms with van der Waals surface area (Å²) in [6.45, 7) is 2.31. The number of nitrogens with two attached hydrogens (primary N) is 1. The van der Waals surface area contributed by atoms with Gasteiger partial charge in [-0.15, -0.1) is 0 Å². The van der Waals surface area contributed by atoms with Gasteiger partial charge in [-0.3, -0.25) is 13.9 Å². The fraction of sp³-hybridized carbons (Fsp3) is 0.318. The number of imidazole rings is 1. The molecule has 4 aromatic rings. The molecule has 2 N–H and O–H groups in total. The van der Waals surface area contributed by atoms with Gasteiger partial charge in [-0.2, -0.15) is 0 Å². The van der Waals surface area contributed by atoms with Crippen LogP contribution in [0.4, 0.5) is 5.82 Å². The van der Waals surface area contributed by atoms with Gasteiger partial charge >= 0.3 is 5.69 Å². The highest BCUT2D eigenvalue weighted by atomic mass is 35.5. The highest BCUT2D eigenvalue weighted by Crippen LogP contribution is 2.31. The first-order valence-corrected chi connectivity index (χ1v) is 11.8. The smallest absolute Gasteiger partial charge is 0.332 e. The first kappa shape index (κ1) is 23.1. The normalized spacial score (nSPS) is 11.4. The van der Waals surface area contributed by atoms with E-state index in [1.165, 1.54) is 27.2 Å². The first-order valence-electron chi connectivity index (χ1n) is 10.5. The number of halogens is 1. The lowest BCUT2D eigenvalue weighted by Crippen LogP contribution is -2.39. The van der Waals surface area contributed by atoms with Crippen LogP contribution < -0.4 is 17.0 Å². The average molecular weight is 486 g/mol. The van der Waals surface area contributed by atoms with Crippen molar-refractivity contribution in [3.8, 4) is 11.1 Å². The topological polar surface area (TPSA) is 114 Å². The van der Waals surface area contributed by atoms with Gasteiger partial charge in [0.1, 0.15) is 5.82 Å². The maximum Gasteiger partial charge on any atom is 0.332 e. The monoisotopic (exact) mass is 485 g/mol. The number of thioether (sulfide) groups is 1. The van der Waals surface area contributed by atoms with E-state index in [4.69, 9.17) is 17.3 Å². The summed E-state index contributed by atoms with van der Waals surface area (Å²) in [5.74, 6) is 1.04. The van der Waals surface area contributed by atoms with Gasteiger partial charge in [0.2, 0.25) is 0 Å². The molecule has 0 atom stereocenters. The predicted octanol–water partition coefficient (Wildman–Crippen LogP) is 2.87. The summed E-state index contributed by atoms with van der Waals surface area (Å²) in [5.41, 5.74) is 8.96. The third-order valence-corrected chi connectivity index (χ3v) is 6.60. The van der Waals surface area contributed by atoms with Crippen LogP contribution >= 0.6 is 23.4 Å². The highest BCUT2D eigenvalue weighted by molar-refractivity contribution is 7.99. The number of hydrogen-bond acceptors (Lipinski definition) is 7. The second kappa shape index (κ2) is 9.40. The molecule has 0 amide bonds. The third-order valence-electron chi connectivity index (χ3n) is 5.42. The molecular weight excluding hydrogens is 462 g/mol. The number of aromatic nitrogens is 6. The number of rotatable bonds is 7. The maximum absolute atomic E-state index is 12.8. The zero-order chi connectivity index (χ0) is 23.7. The molecule has 4 rings (SSSR count). The molecule has 3 aromatic heterocycles. The van der Waals surface area contributed by atoms with Crippen LogP contribution in [0.1, 0.15) is 19.0 Å². The molecule has 1 aromatic carbocycles. The van der Waals surface area contributed by atoms with Gasteiger partial charge in [-0.1, -0.05) is 42.4 Å². The van der Waals surface area contributed by atoms with Crippen LogP contribution in [0.5, 0.6) is 0 Å². The lowest BCUT2D eigenvalue weighted by Gasteiger charge is -2.12. The van der Waals surface area contributed by atoms with E-state index < -0.39 is 0 Å². The van der Waals surface area contributed by atoms with Crippen LogP contribution in [0.3, 0.4) is 0 Å². The number of hydrogen-bond donors (Lipinski definition) is 1. The summed E-state index contributed by atoms with van der Waals surface area (Å²) >= 11 is 7.45. The minimum Gasteiger partial charge on any atom is -0.383 e. The Morgan fingerprint density at radius 1 is 1.12 bits per heavy atom. The molecule has 0 unspecified atom stereocenters. The van der Waals surface area contributed by atoms with Crippen LogP contribution in [0, 0.1) is 0 Å². The van der Waals surface area contributed by atoms with E-state index >= 15 is 0 Å². The minimum atomic E-state index is -0.378. The zero-order valence-corrected chi connectivity index (χ0v) is 20.2.